The lowest BCUT2D eigenvalue weighted by atomic mass is 10.1. The van der Waals surface area contributed by atoms with Gasteiger partial charge in [0.1, 0.15) is 6.29 Å². The zero-order valence-corrected chi connectivity index (χ0v) is 33.2. The number of amides is 2. The van der Waals surface area contributed by atoms with E-state index in [0.717, 1.165) is 34.2 Å². The Bertz CT molecular complexity index is 2530. The van der Waals surface area contributed by atoms with Gasteiger partial charge in [0.2, 0.25) is 0 Å². The van der Waals surface area contributed by atoms with Crippen molar-refractivity contribution in [1.82, 2.24) is 20.0 Å². The van der Waals surface area contributed by atoms with Crippen molar-refractivity contribution in [3.63, 3.8) is 0 Å². The highest BCUT2D eigenvalue weighted by atomic mass is 16.4. The number of aldehydes is 1. The van der Waals surface area contributed by atoms with E-state index >= 15 is 0 Å². The molecule has 0 unspecified atom stereocenters. The standard InChI is InChI=1S/C21H19N3O3.C13H15N3O.C8H6O3.2CO2/c1-14-9-10-15(2)24(14)19-8-4-6-17(12-19)20(25)23-22-13-16-5-3-7-18(11-16)21(26)27;1-9-6-7-10(2)16(9)12-5-3-4-11(8-12)13(17)15-14;9-5-6-2-1-3-7(4-6)8(10)11;2*2-1-3/h3-13H,1-2H3,(H,23,25)(H,26,27);3-8H,14H2,1-2H3,(H,15,17);1-5H,(H,10,11);;/b22-13+;;;;. The number of nitrogen functional groups attached to an aromatic ring is 1. The summed E-state index contributed by atoms with van der Waals surface area (Å²) in [5.74, 6) is 2.47. The Hall–Kier alpha value is -8.62. The molecular formula is C44H40N6O11. The van der Waals surface area contributed by atoms with Gasteiger partial charge in [0, 0.05) is 50.8 Å². The number of hydrogen-bond donors (Lipinski definition) is 5. The molecule has 0 spiro atoms. The van der Waals surface area contributed by atoms with Gasteiger partial charge in [-0.05, 0) is 118 Å². The maximum atomic E-state index is 12.4. The number of rotatable bonds is 9. The molecule has 2 heterocycles. The minimum atomic E-state index is -1.02. The maximum absolute atomic E-state index is 12.4. The van der Waals surface area contributed by atoms with Crippen molar-refractivity contribution < 1.29 is 53.4 Å². The van der Waals surface area contributed by atoms with E-state index < -0.39 is 11.9 Å². The lowest BCUT2D eigenvalue weighted by molar-refractivity contribution is -0.193. The second-order valence-corrected chi connectivity index (χ2v) is 12.3. The number of aromatic nitrogens is 2. The molecule has 4 aromatic carbocycles. The Morgan fingerprint density at radius 1 is 0.557 bits per heavy atom. The van der Waals surface area contributed by atoms with Gasteiger partial charge in [0.25, 0.3) is 11.8 Å². The first kappa shape index (κ1) is 48.5. The van der Waals surface area contributed by atoms with Crippen LogP contribution in [0.15, 0.2) is 126 Å². The van der Waals surface area contributed by atoms with Crippen LogP contribution in [0.4, 0.5) is 0 Å². The predicted molar refractivity (Wildman–Crippen MR) is 219 cm³/mol. The van der Waals surface area contributed by atoms with Crippen LogP contribution in [0, 0.1) is 27.7 Å². The topological polar surface area (TPSA) is 266 Å². The van der Waals surface area contributed by atoms with Gasteiger partial charge < -0.3 is 19.3 Å². The fourth-order valence-electron chi connectivity index (χ4n) is 5.53. The van der Waals surface area contributed by atoms with Crippen LogP contribution in [0.3, 0.4) is 0 Å². The molecule has 61 heavy (non-hydrogen) atoms. The van der Waals surface area contributed by atoms with Crippen molar-refractivity contribution in [2.24, 2.45) is 10.9 Å². The third-order valence-corrected chi connectivity index (χ3v) is 8.19. The van der Waals surface area contributed by atoms with Crippen LogP contribution in [0.25, 0.3) is 11.4 Å². The highest BCUT2D eigenvalue weighted by molar-refractivity contribution is 5.96. The van der Waals surface area contributed by atoms with E-state index in [0.29, 0.717) is 28.5 Å². The first-order valence-electron chi connectivity index (χ1n) is 17.6. The number of carbonyl (C=O) groups excluding carboxylic acids is 7. The third kappa shape index (κ3) is 15.0. The molecular weight excluding hydrogens is 789 g/mol. The number of carboxylic acids is 2. The number of hydrazine groups is 1. The summed E-state index contributed by atoms with van der Waals surface area (Å²) < 4.78 is 4.16. The second-order valence-electron chi connectivity index (χ2n) is 12.3. The summed E-state index contributed by atoms with van der Waals surface area (Å²) in [5, 5.41) is 21.4. The van der Waals surface area contributed by atoms with Crippen molar-refractivity contribution in [1.29, 1.82) is 0 Å². The lowest BCUT2D eigenvalue weighted by Gasteiger charge is -2.10. The number of hydrazone groups is 1. The largest absolute Gasteiger partial charge is 0.478 e. The summed E-state index contributed by atoms with van der Waals surface area (Å²) in [6.45, 7) is 8.08. The van der Waals surface area contributed by atoms with Crippen LogP contribution in [0.2, 0.25) is 0 Å². The average molecular weight is 829 g/mol. The zero-order chi connectivity index (χ0) is 45.5. The molecule has 0 aliphatic rings. The molecule has 0 bridgehead atoms. The highest BCUT2D eigenvalue weighted by Crippen LogP contribution is 2.19. The Labute approximate surface area is 348 Å². The molecule has 2 amide bonds. The third-order valence-electron chi connectivity index (χ3n) is 8.19. The minimum absolute atomic E-state index is 0.134. The number of nitrogens with two attached hydrogens (primary N) is 1. The van der Waals surface area contributed by atoms with Gasteiger partial charge >= 0.3 is 24.2 Å². The van der Waals surface area contributed by atoms with E-state index in [1.165, 1.54) is 36.5 Å². The van der Waals surface area contributed by atoms with Gasteiger partial charge in [-0.1, -0.05) is 36.4 Å². The summed E-state index contributed by atoms with van der Waals surface area (Å²) in [7, 11) is 0. The molecule has 0 saturated carbocycles. The van der Waals surface area contributed by atoms with Crippen LogP contribution in [-0.2, 0) is 19.2 Å². The van der Waals surface area contributed by atoms with Crippen LogP contribution in [0.5, 0.6) is 0 Å². The van der Waals surface area contributed by atoms with Crippen molar-refractivity contribution in [2.75, 3.05) is 0 Å². The number of carboxylic acid groups (broad SMARTS) is 2. The summed E-state index contributed by atoms with van der Waals surface area (Å²) in [5.41, 5.74) is 13.2. The van der Waals surface area contributed by atoms with Gasteiger partial charge in [-0.2, -0.15) is 24.3 Å². The van der Waals surface area contributed by atoms with Gasteiger partial charge in [-0.15, -0.1) is 0 Å². The lowest BCUT2D eigenvalue weighted by Crippen LogP contribution is -2.30. The minimum Gasteiger partial charge on any atom is -0.478 e. The molecule has 17 heteroatoms. The number of carbonyl (C=O) groups is 5. The zero-order valence-electron chi connectivity index (χ0n) is 33.2. The normalized spacial score (nSPS) is 9.59. The van der Waals surface area contributed by atoms with Gasteiger partial charge in [-0.3, -0.25) is 19.8 Å². The fourth-order valence-corrected chi connectivity index (χ4v) is 5.53. The summed E-state index contributed by atoms with van der Waals surface area (Å²) in [4.78, 5) is 87.9. The summed E-state index contributed by atoms with van der Waals surface area (Å²) in [6, 6.07) is 35.0. The quantitative estimate of drug-likeness (QED) is 0.0410. The van der Waals surface area contributed by atoms with Crippen LogP contribution < -0.4 is 16.7 Å². The molecule has 0 fully saturated rings. The molecule has 17 nitrogen and oxygen atoms in total. The number of nitrogens with zero attached hydrogens (tertiary/aromatic N) is 3. The number of hydrogen-bond acceptors (Lipinski definition) is 11. The van der Waals surface area contributed by atoms with E-state index in [-0.39, 0.29) is 35.2 Å². The Morgan fingerprint density at radius 2 is 0.918 bits per heavy atom. The van der Waals surface area contributed by atoms with E-state index in [2.05, 4.69) is 25.1 Å². The first-order valence-corrected chi connectivity index (χ1v) is 17.6. The monoisotopic (exact) mass is 828 g/mol. The van der Waals surface area contributed by atoms with Crippen molar-refractivity contribution in [3.05, 3.63) is 177 Å². The first-order chi connectivity index (χ1) is 29.1. The predicted octanol–water partition coefficient (Wildman–Crippen LogP) is 5.28. The summed E-state index contributed by atoms with van der Waals surface area (Å²) >= 11 is 0. The molecule has 0 radical (unpaired) electrons. The number of aryl methyl sites for hydroxylation is 4. The van der Waals surface area contributed by atoms with Crippen LogP contribution >= 0.6 is 0 Å². The molecule has 6 aromatic rings. The van der Waals surface area contributed by atoms with Crippen LogP contribution in [0.1, 0.15) is 80.1 Å². The SMILES string of the molecule is Cc1ccc(C)n1-c1cccc(C(=O)N/N=C/c2cccc(C(=O)O)c2)c1.Cc1ccc(C)n1-c1cccc(C(=O)NN)c1.O=C=O.O=C=O.O=Cc1cccc(C(=O)O)c1. The van der Waals surface area contributed by atoms with Crippen molar-refractivity contribution >= 4 is 48.6 Å². The number of aromatic carboxylic acids is 2. The summed E-state index contributed by atoms with van der Waals surface area (Å²) in [6.07, 6.45) is 2.53. The van der Waals surface area contributed by atoms with Crippen molar-refractivity contribution in [3.8, 4) is 11.4 Å². The van der Waals surface area contributed by atoms with Gasteiger partial charge in [-0.25, -0.2) is 20.9 Å². The molecule has 2 aromatic heterocycles. The van der Waals surface area contributed by atoms with Crippen molar-refractivity contribution in [2.45, 2.75) is 27.7 Å². The maximum Gasteiger partial charge on any atom is 0.373 e. The molecule has 0 aliphatic carbocycles. The number of nitrogens with one attached hydrogen (secondary N) is 2. The molecule has 0 saturated heterocycles. The Balaban J connectivity index is 0.000000321. The van der Waals surface area contributed by atoms with E-state index in [4.69, 9.17) is 35.2 Å². The molecule has 0 atom stereocenters. The Kier molecular flexibility index (Phi) is 19.8. The molecule has 312 valence electrons. The molecule has 0 aliphatic heterocycles. The molecule has 6 rings (SSSR count). The van der Waals surface area contributed by atoms with Gasteiger partial charge in [0.05, 0.1) is 17.3 Å². The van der Waals surface area contributed by atoms with E-state index in [9.17, 15) is 24.0 Å². The van der Waals surface area contributed by atoms with Gasteiger partial charge in [0.15, 0.2) is 0 Å². The molecule has 6 N–H and O–H groups in total. The van der Waals surface area contributed by atoms with E-state index in [1.807, 2.05) is 82.3 Å². The van der Waals surface area contributed by atoms with E-state index in [1.54, 1.807) is 36.4 Å². The average Bonchev–Trinajstić information content (AvgIpc) is 3.79. The number of benzene rings is 4. The van der Waals surface area contributed by atoms with Crippen LogP contribution in [-0.4, -0.2) is 67.9 Å². The fraction of sp³-hybridized carbons (Fsp3) is 0.0909. The Morgan fingerprint density at radius 3 is 1.31 bits per heavy atom. The smallest absolute Gasteiger partial charge is 0.373 e. The highest BCUT2D eigenvalue weighted by Gasteiger charge is 2.10. The second kappa shape index (κ2) is 24.9.